The minimum atomic E-state index is 0. The van der Waals surface area contributed by atoms with Gasteiger partial charge in [-0.25, -0.2) is 10.0 Å². The van der Waals surface area contributed by atoms with E-state index in [1.165, 1.54) is 111 Å². The summed E-state index contributed by atoms with van der Waals surface area (Å²) in [5.41, 5.74) is 18.4. The fourth-order valence-electron chi connectivity index (χ4n) is 11.0. The molecule has 0 radical (unpaired) electrons. The number of hydrazone groups is 1. The van der Waals surface area contributed by atoms with Crippen LogP contribution in [0.4, 0.5) is 0 Å². The maximum Gasteiger partial charge on any atom is 0.218 e. The van der Waals surface area contributed by atoms with Gasteiger partial charge in [0, 0.05) is 111 Å². The maximum atomic E-state index is 4.31. The van der Waals surface area contributed by atoms with E-state index in [4.69, 9.17) is 0 Å². The fourth-order valence-corrected chi connectivity index (χ4v) is 11.0. The normalized spacial score (nSPS) is 20.2. The molecule has 20 heteroatoms. The van der Waals surface area contributed by atoms with Gasteiger partial charge in [0.1, 0.15) is 12.9 Å². The summed E-state index contributed by atoms with van der Waals surface area (Å²) in [5.74, 6) is 3.10. The van der Waals surface area contributed by atoms with Crippen LogP contribution in [0.1, 0.15) is 242 Å². The number of likely N-dealkylation sites (tertiary alicyclic amines) is 1. The number of hydrogen-bond donors (Lipinski definition) is 0. The molecule has 0 N–H and O–H groups in total. The standard InChI is InChI=1S/C10H22N2.C8H14N2.C8H15N.C8H13N.C7H13N.C7H15N.C6H13N3.C6H12N3.C6H11N3.C5H13N3.10CH4/c1-9(2)7-11(5)8-12(6)10(9,3)4;1-6-5-10(4)9-8(3)7(6)2;1-7-4-5-9(3)6-8(7)2;1-6-4-5-8(9-3)7(6)2;1-6-4-5-8(3)7(6)2;1-7-3-5-8(2)6-4-7;1-6-7-4-8(2)5-9(6)3;1-5-6(2)8(3)9(4)7-5;1-5-4-9(3)6(2)8-7-5;1-6-4-7(2)8(3)5-6;;;;;;;;;;/h7-8H2,1-6H3;5H2,1-4H3;4-6H2,1-3H3;4-5H2,1-3H3;4-5H2,1-3H3;7H,3-6H2,1-2H3;4-5H2,1-3H3;1-4H3;4H2,1-3H3;4-5H2,1-3H3;10*1H4/q;;;;;;;+1;;;;;;;;;;;;. The highest BCUT2D eigenvalue weighted by atomic mass is 15.7. The third-order valence-electron chi connectivity index (χ3n) is 20.0. The van der Waals surface area contributed by atoms with Gasteiger partial charge in [0.2, 0.25) is 5.69 Å². The van der Waals surface area contributed by atoms with Crippen molar-refractivity contribution < 1.29 is 4.68 Å². The van der Waals surface area contributed by atoms with Crippen molar-refractivity contribution in [3.63, 3.8) is 0 Å². The Hall–Kier alpha value is -4.67. The SMILES string of the molecule is C.C.C.C.C.C.C.C.C.C.CC1=C(C)CN(C)CC1.CC1=C(C)N(C)CC1.CC1=NCN(C)CN1C.CC1=NN(C)CC(C)=C1C.CC1=NN=C(C)N(C)C1.CC1CCN(C)CC1.CN1CN(C)C(C)(C)C(C)(C)C1.CN1CN(C)N(C)C1.CN=C1CCC(C)=C1C.Cc1nn(C)[n+](C)c1C. The summed E-state index contributed by atoms with van der Waals surface area (Å²) < 4.78 is 2.01. The second-order valence-corrected chi connectivity index (χ2v) is 29.0. The highest BCUT2D eigenvalue weighted by molar-refractivity contribution is 6.02. The van der Waals surface area contributed by atoms with Crippen LogP contribution in [0.25, 0.3) is 0 Å². The van der Waals surface area contributed by atoms with E-state index in [0.29, 0.717) is 11.0 Å². The molecule has 0 unspecified atom stereocenters. The Morgan fingerprint density at radius 3 is 1.28 bits per heavy atom. The zero-order valence-corrected chi connectivity index (χ0v) is 65.5. The third kappa shape index (κ3) is 42.2. The number of aromatic nitrogens is 3. The van der Waals surface area contributed by atoms with Crippen LogP contribution >= 0.6 is 0 Å². The topological polar surface area (TPSA) is 122 Å². The Kier molecular flexibility index (Phi) is 65.9. The summed E-state index contributed by atoms with van der Waals surface area (Å²) in [6.07, 6.45) is 7.71. The summed E-state index contributed by atoms with van der Waals surface area (Å²) in [7, 11) is 31.1. The molecule has 1 aliphatic carbocycles. The first-order valence-electron chi connectivity index (χ1n) is 33.6. The molecule has 0 saturated carbocycles. The molecule has 9 aliphatic rings. The third-order valence-corrected chi connectivity index (χ3v) is 20.0. The highest BCUT2D eigenvalue weighted by Gasteiger charge is 2.44. The van der Waals surface area contributed by atoms with Crippen LogP contribution in [0.15, 0.2) is 70.0 Å². The minimum Gasteiger partial charge on any atom is -0.378 e. The molecule has 0 bridgehead atoms. The number of likely N-dealkylation sites (N-methyl/N-ethyl adjacent to an activating group) is 2. The minimum absolute atomic E-state index is 0. The number of aliphatic imine (C=N–C) groups is 2. The first-order chi connectivity index (χ1) is 42.1. The van der Waals surface area contributed by atoms with Gasteiger partial charge in [-0.1, -0.05) is 117 Å². The first-order valence-corrected chi connectivity index (χ1v) is 33.6. The van der Waals surface area contributed by atoms with Gasteiger partial charge in [-0.2, -0.15) is 14.9 Å². The Labute approximate surface area is 633 Å². The number of nitrogens with zero attached hydrogens (tertiary/aromatic N) is 20. The Balaban J connectivity index is -0.000000113. The van der Waals surface area contributed by atoms with E-state index in [1.807, 2.05) is 77.4 Å². The van der Waals surface area contributed by atoms with E-state index in [-0.39, 0.29) is 74.3 Å². The second-order valence-electron chi connectivity index (χ2n) is 29.0. The molecule has 9 heterocycles. The van der Waals surface area contributed by atoms with Crippen molar-refractivity contribution in [2.24, 2.45) is 50.7 Å². The fraction of sp³-hybridized carbons (Fsp3) is 0.815. The predicted octanol–water partition coefficient (Wildman–Crippen LogP) is 16.9. The molecule has 0 amide bonds. The summed E-state index contributed by atoms with van der Waals surface area (Å²) >= 11 is 0. The summed E-state index contributed by atoms with van der Waals surface area (Å²) in [4.78, 5) is 30.7. The molecule has 0 atom stereocenters. The van der Waals surface area contributed by atoms with Crippen LogP contribution in [0, 0.1) is 25.2 Å². The van der Waals surface area contributed by atoms with Crippen LogP contribution in [0.2, 0.25) is 0 Å². The van der Waals surface area contributed by atoms with Gasteiger partial charge in [0.05, 0.1) is 70.7 Å². The maximum absolute atomic E-state index is 4.31. The number of rotatable bonds is 0. The van der Waals surface area contributed by atoms with Crippen molar-refractivity contribution in [2.75, 3.05) is 177 Å². The molecule has 8 aliphatic heterocycles. The molecular weight excluding hydrogens is 1250 g/mol. The Morgan fingerprint density at radius 2 is 0.980 bits per heavy atom. The molecule has 101 heavy (non-hydrogen) atoms. The second kappa shape index (κ2) is 56.7. The van der Waals surface area contributed by atoms with Crippen LogP contribution in [-0.2, 0) is 14.1 Å². The Bertz CT molecular complexity index is 2620. The molecule has 604 valence electrons. The van der Waals surface area contributed by atoms with Gasteiger partial charge < -0.3 is 24.5 Å². The van der Waals surface area contributed by atoms with Crippen molar-refractivity contribution in [1.82, 2.24) is 69.0 Å². The first kappa shape index (κ1) is 117. The molecule has 3 saturated heterocycles. The number of hydrogen-bond acceptors (Lipinski definition) is 18. The monoisotopic (exact) mass is 1430 g/mol. The predicted molar refractivity (Wildman–Crippen MR) is 462 cm³/mol. The highest BCUT2D eigenvalue weighted by Crippen LogP contribution is 2.38. The lowest BCUT2D eigenvalue weighted by atomic mass is 9.72. The average Bonchev–Trinajstić information content (AvgIpc) is 1.74. The van der Waals surface area contributed by atoms with Crippen molar-refractivity contribution in [2.45, 2.75) is 250 Å². The molecule has 0 spiro atoms. The van der Waals surface area contributed by atoms with E-state index < -0.39 is 0 Å². The molecule has 1 aromatic rings. The molecule has 20 nitrogen and oxygen atoms in total. The van der Waals surface area contributed by atoms with Crippen molar-refractivity contribution in [3.8, 4) is 0 Å². The van der Waals surface area contributed by atoms with Crippen molar-refractivity contribution >= 4 is 28.8 Å². The van der Waals surface area contributed by atoms with Gasteiger partial charge in [0.15, 0.2) is 5.69 Å². The lowest BCUT2D eigenvalue weighted by molar-refractivity contribution is -0.760. The van der Waals surface area contributed by atoms with E-state index >= 15 is 0 Å². The molecule has 10 rings (SSSR count). The molecular formula is C81H181N20+. The van der Waals surface area contributed by atoms with Crippen molar-refractivity contribution in [3.05, 3.63) is 56.1 Å². The number of allylic oxidation sites excluding steroid dienone is 4. The summed E-state index contributed by atoms with van der Waals surface area (Å²) in [5, 5.41) is 22.7. The number of aryl methyl sites for hydroxylation is 2. The van der Waals surface area contributed by atoms with Crippen LogP contribution in [0.5, 0.6) is 0 Å². The van der Waals surface area contributed by atoms with Crippen LogP contribution in [0.3, 0.4) is 0 Å². The van der Waals surface area contributed by atoms with Crippen molar-refractivity contribution in [1.29, 1.82) is 0 Å². The van der Waals surface area contributed by atoms with Crippen LogP contribution in [-0.4, -0.2) is 281 Å². The van der Waals surface area contributed by atoms with E-state index in [1.54, 1.807) is 16.7 Å². The van der Waals surface area contributed by atoms with Gasteiger partial charge in [0.25, 0.3) is 0 Å². The van der Waals surface area contributed by atoms with Gasteiger partial charge in [-0.05, 0) is 224 Å². The number of piperidine rings is 1. The van der Waals surface area contributed by atoms with E-state index in [2.05, 4.69) is 259 Å². The Morgan fingerprint density at radius 1 is 0.465 bits per heavy atom. The van der Waals surface area contributed by atoms with Gasteiger partial charge in [-0.3, -0.25) is 34.6 Å². The molecule has 1 aromatic heterocycles. The summed E-state index contributed by atoms with van der Waals surface area (Å²) in [6.45, 7) is 55.6. The van der Waals surface area contributed by atoms with Gasteiger partial charge in [-0.15, -0.1) is 5.10 Å². The van der Waals surface area contributed by atoms with E-state index in [0.717, 1.165) is 87.6 Å². The average molecular weight is 1440 g/mol. The number of hydrazine groups is 1. The van der Waals surface area contributed by atoms with Gasteiger partial charge >= 0.3 is 0 Å². The smallest absolute Gasteiger partial charge is 0.218 e. The molecule has 3 fully saturated rings. The lowest BCUT2D eigenvalue weighted by Crippen LogP contribution is -2.63. The summed E-state index contributed by atoms with van der Waals surface area (Å²) in [6, 6.07) is 0. The molecule has 0 aromatic carbocycles. The zero-order chi connectivity index (χ0) is 70.0. The lowest BCUT2D eigenvalue weighted by Gasteiger charge is -2.54. The van der Waals surface area contributed by atoms with Crippen LogP contribution < -0.4 is 4.68 Å². The largest absolute Gasteiger partial charge is 0.378 e. The van der Waals surface area contributed by atoms with E-state index in [9.17, 15) is 0 Å². The number of amidine groups is 2. The zero-order valence-electron chi connectivity index (χ0n) is 65.5. The quantitative estimate of drug-likeness (QED) is 0.181.